The molecule has 0 fully saturated rings. The molecule has 0 aliphatic carbocycles. The van der Waals surface area contributed by atoms with Crippen LogP contribution in [0.1, 0.15) is 24.4 Å². The minimum atomic E-state index is -1.01. The smallest absolute Gasteiger partial charge is 0.305 e. The van der Waals surface area contributed by atoms with E-state index in [0.29, 0.717) is 0 Å². The summed E-state index contributed by atoms with van der Waals surface area (Å²) in [5.74, 6) is -1.01. The number of hydrogen-bond acceptors (Lipinski definition) is 3. The minimum Gasteiger partial charge on any atom is -0.481 e. The van der Waals surface area contributed by atoms with Gasteiger partial charge < -0.3 is 15.9 Å². The molecule has 0 spiro atoms. The molecule has 0 bridgehead atoms. The Labute approximate surface area is 88.3 Å². The second-order valence-electron chi connectivity index (χ2n) is 3.50. The van der Waals surface area contributed by atoms with E-state index in [0.717, 1.165) is 5.56 Å². The van der Waals surface area contributed by atoms with Gasteiger partial charge in [-0.15, -0.1) is 0 Å². The van der Waals surface area contributed by atoms with Crippen LogP contribution in [0.2, 0.25) is 0 Å². The molecule has 82 valence electrons. The van der Waals surface area contributed by atoms with Crippen molar-refractivity contribution in [3.63, 3.8) is 0 Å². The zero-order valence-corrected chi connectivity index (χ0v) is 8.34. The second-order valence-corrected chi connectivity index (χ2v) is 3.50. The third-order valence-electron chi connectivity index (χ3n) is 2.16. The van der Waals surface area contributed by atoms with Crippen molar-refractivity contribution in [1.82, 2.24) is 0 Å². The van der Waals surface area contributed by atoms with Crippen LogP contribution in [0.3, 0.4) is 0 Å². The van der Waals surface area contributed by atoms with E-state index in [-0.39, 0.29) is 18.9 Å². The molecule has 0 heterocycles. The van der Waals surface area contributed by atoms with Gasteiger partial charge in [0, 0.05) is 6.04 Å². The topological polar surface area (TPSA) is 83.5 Å². The van der Waals surface area contributed by atoms with E-state index in [1.165, 1.54) is 0 Å². The molecule has 0 aliphatic heterocycles. The Morgan fingerprint density at radius 3 is 2.47 bits per heavy atom. The van der Waals surface area contributed by atoms with Crippen LogP contribution in [0.5, 0.6) is 0 Å². The summed E-state index contributed by atoms with van der Waals surface area (Å²) in [4.78, 5) is 10.3. The van der Waals surface area contributed by atoms with Crippen LogP contribution in [-0.2, 0) is 4.79 Å². The van der Waals surface area contributed by atoms with Crippen LogP contribution in [0.25, 0.3) is 0 Å². The summed E-state index contributed by atoms with van der Waals surface area (Å²) in [6.07, 6.45) is -0.894. The number of carboxylic acid groups (broad SMARTS) is 1. The summed E-state index contributed by atoms with van der Waals surface area (Å²) < 4.78 is 0. The van der Waals surface area contributed by atoms with Crippen molar-refractivity contribution < 1.29 is 15.0 Å². The molecule has 0 saturated heterocycles. The Morgan fingerprint density at radius 2 is 1.93 bits per heavy atom. The largest absolute Gasteiger partial charge is 0.481 e. The number of rotatable bonds is 5. The zero-order chi connectivity index (χ0) is 11.3. The van der Waals surface area contributed by atoms with Crippen molar-refractivity contribution in [2.75, 3.05) is 0 Å². The van der Waals surface area contributed by atoms with Gasteiger partial charge in [0.2, 0.25) is 0 Å². The van der Waals surface area contributed by atoms with Crippen molar-refractivity contribution >= 4 is 5.97 Å². The molecule has 2 atom stereocenters. The number of benzene rings is 1. The van der Waals surface area contributed by atoms with Crippen molar-refractivity contribution in [1.29, 1.82) is 0 Å². The Bertz CT molecular complexity index is 313. The highest BCUT2D eigenvalue weighted by Gasteiger charge is 2.14. The Kier molecular flexibility index (Phi) is 4.27. The lowest BCUT2D eigenvalue weighted by Gasteiger charge is -2.15. The first-order valence-electron chi connectivity index (χ1n) is 4.80. The predicted molar refractivity (Wildman–Crippen MR) is 56.2 cm³/mol. The van der Waals surface area contributed by atoms with Crippen molar-refractivity contribution in [3.05, 3.63) is 35.9 Å². The average Bonchev–Trinajstić information content (AvgIpc) is 2.17. The molecule has 4 N–H and O–H groups in total. The van der Waals surface area contributed by atoms with Gasteiger partial charge in [-0.05, 0) is 12.0 Å². The third-order valence-corrected chi connectivity index (χ3v) is 2.16. The van der Waals surface area contributed by atoms with Crippen molar-refractivity contribution in [3.8, 4) is 0 Å². The highest BCUT2D eigenvalue weighted by atomic mass is 16.4. The summed E-state index contributed by atoms with van der Waals surface area (Å²) in [6.45, 7) is 0. The van der Waals surface area contributed by atoms with Crippen molar-refractivity contribution in [2.24, 2.45) is 5.73 Å². The Morgan fingerprint density at radius 1 is 1.33 bits per heavy atom. The third kappa shape index (κ3) is 4.10. The standard InChI is InChI=1S/C11H15NO3/c12-10(6-9(13)7-11(14)15)8-4-2-1-3-5-8/h1-5,9-10,13H,6-7,12H2,(H,14,15). The number of aliphatic carboxylic acids is 1. The second kappa shape index (κ2) is 5.48. The summed E-state index contributed by atoms with van der Waals surface area (Å²) in [5.41, 5.74) is 6.72. The van der Waals surface area contributed by atoms with Gasteiger partial charge in [0.05, 0.1) is 12.5 Å². The van der Waals surface area contributed by atoms with Crippen LogP contribution in [-0.4, -0.2) is 22.3 Å². The van der Waals surface area contributed by atoms with E-state index in [4.69, 9.17) is 10.8 Å². The van der Waals surface area contributed by atoms with E-state index < -0.39 is 12.1 Å². The number of nitrogens with two attached hydrogens (primary N) is 1. The fourth-order valence-corrected chi connectivity index (χ4v) is 1.41. The summed E-state index contributed by atoms with van der Waals surface area (Å²) in [5, 5.41) is 17.9. The van der Waals surface area contributed by atoms with Gasteiger partial charge in [0.25, 0.3) is 0 Å². The quantitative estimate of drug-likeness (QED) is 0.673. The molecule has 4 nitrogen and oxygen atoms in total. The number of carboxylic acids is 1. The molecule has 0 amide bonds. The Hall–Kier alpha value is -1.39. The molecule has 15 heavy (non-hydrogen) atoms. The fourth-order valence-electron chi connectivity index (χ4n) is 1.41. The van der Waals surface area contributed by atoms with E-state index >= 15 is 0 Å². The number of carbonyl (C=O) groups is 1. The van der Waals surface area contributed by atoms with Gasteiger partial charge in [-0.2, -0.15) is 0 Å². The first kappa shape index (κ1) is 11.7. The summed E-state index contributed by atoms with van der Waals surface area (Å²) in [7, 11) is 0. The van der Waals surface area contributed by atoms with Gasteiger partial charge >= 0.3 is 5.97 Å². The number of aliphatic hydroxyl groups excluding tert-OH is 1. The van der Waals surface area contributed by atoms with Crippen LogP contribution < -0.4 is 5.73 Å². The van der Waals surface area contributed by atoms with E-state index in [1.54, 1.807) is 0 Å². The fraction of sp³-hybridized carbons (Fsp3) is 0.364. The molecule has 0 radical (unpaired) electrons. The zero-order valence-electron chi connectivity index (χ0n) is 8.34. The molecule has 2 unspecified atom stereocenters. The molecule has 1 aromatic rings. The number of aliphatic hydroxyl groups is 1. The van der Waals surface area contributed by atoms with E-state index in [1.807, 2.05) is 30.3 Å². The van der Waals surface area contributed by atoms with Gasteiger partial charge in [0.1, 0.15) is 0 Å². The maximum Gasteiger partial charge on any atom is 0.305 e. The van der Waals surface area contributed by atoms with Gasteiger partial charge in [0.15, 0.2) is 0 Å². The SMILES string of the molecule is NC(CC(O)CC(=O)O)c1ccccc1. The summed E-state index contributed by atoms with van der Waals surface area (Å²) >= 11 is 0. The maximum atomic E-state index is 10.3. The van der Waals surface area contributed by atoms with Crippen LogP contribution in [0.4, 0.5) is 0 Å². The minimum absolute atomic E-state index is 0.260. The number of hydrogen-bond donors (Lipinski definition) is 3. The monoisotopic (exact) mass is 209 g/mol. The van der Waals surface area contributed by atoms with E-state index in [9.17, 15) is 9.90 Å². The first-order valence-corrected chi connectivity index (χ1v) is 4.80. The molecular formula is C11H15NO3. The van der Waals surface area contributed by atoms with E-state index in [2.05, 4.69) is 0 Å². The van der Waals surface area contributed by atoms with Crippen LogP contribution in [0.15, 0.2) is 30.3 Å². The molecule has 0 saturated carbocycles. The normalized spacial score (nSPS) is 14.5. The van der Waals surface area contributed by atoms with Gasteiger partial charge in [-0.25, -0.2) is 0 Å². The molecule has 1 rings (SSSR count). The van der Waals surface area contributed by atoms with Crippen LogP contribution >= 0.6 is 0 Å². The molecule has 0 aliphatic rings. The van der Waals surface area contributed by atoms with Crippen LogP contribution in [0, 0.1) is 0 Å². The van der Waals surface area contributed by atoms with Gasteiger partial charge in [-0.1, -0.05) is 30.3 Å². The highest BCUT2D eigenvalue weighted by molar-refractivity contribution is 5.67. The van der Waals surface area contributed by atoms with Gasteiger partial charge in [-0.3, -0.25) is 4.79 Å². The first-order chi connectivity index (χ1) is 7.09. The highest BCUT2D eigenvalue weighted by Crippen LogP contribution is 2.16. The maximum absolute atomic E-state index is 10.3. The average molecular weight is 209 g/mol. The molecular weight excluding hydrogens is 194 g/mol. The lowest BCUT2D eigenvalue weighted by molar-refractivity contribution is -0.139. The summed E-state index contributed by atoms with van der Waals surface area (Å²) in [6, 6.07) is 9.00. The predicted octanol–water partition coefficient (Wildman–Crippen LogP) is 0.912. The molecule has 4 heteroatoms. The lowest BCUT2D eigenvalue weighted by atomic mass is 10.0. The Balaban J connectivity index is 2.49. The molecule has 0 aromatic heterocycles. The lowest BCUT2D eigenvalue weighted by Crippen LogP contribution is -2.21. The molecule has 1 aromatic carbocycles. The van der Waals surface area contributed by atoms with Crippen molar-refractivity contribution in [2.45, 2.75) is 25.0 Å².